The highest BCUT2D eigenvalue weighted by atomic mass is 32.2. The van der Waals surface area contributed by atoms with Gasteiger partial charge in [-0.15, -0.1) is 10.2 Å². The van der Waals surface area contributed by atoms with Crippen LogP contribution in [-0.2, 0) is 23.0 Å². The number of aromatic nitrogens is 2. The van der Waals surface area contributed by atoms with Crippen molar-refractivity contribution in [2.24, 2.45) is 0 Å². The van der Waals surface area contributed by atoms with E-state index >= 15 is 0 Å². The van der Waals surface area contributed by atoms with Crippen molar-refractivity contribution in [3.05, 3.63) is 70.2 Å². The minimum absolute atomic E-state index is 0.106. The third kappa shape index (κ3) is 4.14. The summed E-state index contributed by atoms with van der Waals surface area (Å²) >= 11 is 1.31. The topological polar surface area (TPSA) is 92.3 Å². The lowest BCUT2D eigenvalue weighted by Gasteiger charge is -2.28. The Hall–Kier alpha value is -2.62. The van der Waals surface area contributed by atoms with Crippen LogP contribution in [0.3, 0.4) is 0 Å². The largest absolute Gasteiger partial charge is 0.296 e. The highest BCUT2D eigenvalue weighted by Gasteiger charge is 2.28. The van der Waals surface area contributed by atoms with Crippen LogP contribution in [0.5, 0.6) is 0 Å². The van der Waals surface area contributed by atoms with Crippen LogP contribution < -0.4 is 5.32 Å². The number of benzene rings is 2. The standard InChI is InChI=1S/C21H22N4O3S2/c1-14(2)20-23-24-21(29-20)22-19(26)16-8-5-9-18(12-16)30(27,28)25-11-10-15-6-3-4-7-17(15)13-25/h3-9,12,14H,10-11,13H2,1-2H3,(H,22,24,26). The number of hydrogen-bond acceptors (Lipinski definition) is 6. The van der Waals surface area contributed by atoms with E-state index in [1.807, 2.05) is 38.1 Å². The second-order valence-corrected chi connectivity index (χ2v) is 10.4. The van der Waals surface area contributed by atoms with E-state index in [4.69, 9.17) is 0 Å². The van der Waals surface area contributed by atoms with Crippen molar-refractivity contribution in [1.82, 2.24) is 14.5 Å². The normalized spacial score (nSPS) is 14.5. The molecule has 0 atom stereocenters. The van der Waals surface area contributed by atoms with E-state index in [1.54, 1.807) is 12.1 Å². The van der Waals surface area contributed by atoms with Gasteiger partial charge in [-0.25, -0.2) is 8.42 Å². The van der Waals surface area contributed by atoms with Gasteiger partial charge < -0.3 is 0 Å². The highest BCUT2D eigenvalue weighted by Crippen LogP contribution is 2.26. The van der Waals surface area contributed by atoms with Crippen molar-refractivity contribution in [2.45, 2.75) is 37.6 Å². The minimum Gasteiger partial charge on any atom is -0.296 e. The number of nitrogens with zero attached hydrogens (tertiary/aromatic N) is 3. The smallest absolute Gasteiger partial charge is 0.257 e. The highest BCUT2D eigenvalue weighted by molar-refractivity contribution is 7.89. The zero-order valence-corrected chi connectivity index (χ0v) is 18.3. The monoisotopic (exact) mass is 442 g/mol. The molecule has 0 aliphatic carbocycles. The van der Waals surface area contributed by atoms with Gasteiger partial charge in [0.25, 0.3) is 5.91 Å². The number of sulfonamides is 1. The number of fused-ring (bicyclic) bond motifs is 1. The summed E-state index contributed by atoms with van der Waals surface area (Å²) in [4.78, 5) is 12.7. The molecule has 0 saturated carbocycles. The first kappa shape index (κ1) is 20.6. The van der Waals surface area contributed by atoms with Gasteiger partial charge in [-0.2, -0.15) is 4.31 Å². The van der Waals surface area contributed by atoms with Crippen LogP contribution in [0.25, 0.3) is 0 Å². The molecule has 0 saturated heterocycles. The number of carbonyl (C=O) groups is 1. The summed E-state index contributed by atoms with van der Waals surface area (Å²) in [7, 11) is -3.71. The van der Waals surface area contributed by atoms with Crippen LogP contribution in [0.4, 0.5) is 5.13 Å². The van der Waals surface area contributed by atoms with Crippen molar-refractivity contribution in [2.75, 3.05) is 11.9 Å². The maximum absolute atomic E-state index is 13.2. The Labute approximate surface area is 179 Å². The first-order valence-corrected chi connectivity index (χ1v) is 11.9. The van der Waals surface area contributed by atoms with Gasteiger partial charge in [-0.1, -0.05) is 55.5 Å². The first-order valence-electron chi connectivity index (χ1n) is 9.66. The third-order valence-electron chi connectivity index (χ3n) is 4.98. The van der Waals surface area contributed by atoms with Crippen LogP contribution in [0.15, 0.2) is 53.4 Å². The lowest BCUT2D eigenvalue weighted by molar-refractivity contribution is 0.102. The fourth-order valence-corrected chi connectivity index (χ4v) is 5.52. The molecular formula is C21H22N4O3S2. The van der Waals surface area contributed by atoms with E-state index in [2.05, 4.69) is 15.5 Å². The summed E-state index contributed by atoms with van der Waals surface area (Å²) < 4.78 is 27.8. The van der Waals surface area contributed by atoms with Gasteiger partial charge in [-0.3, -0.25) is 10.1 Å². The molecule has 7 nitrogen and oxygen atoms in total. The molecule has 3 aromatic rings. The molecule has 2 heterocycles. The molecule has 0 radical (unpaired) electrons. The van der Waals surface area contributed by atoms with E-state index in [0.717, 1.165) is 10.6 Å². The van der Waals surface area contributed by atoms with E-state index in [1.165, 1.54) is 33.3 Å². The predicted molar refractivity (Wildman–Crippen MR) is 116 cm³/mol. The molecule has 0 fully saturated rings. The molecular weight excluding hydrogens is 420 g/mol. The van der Waals surface area contributed by atoms with Crippen molar-refractivity contribution < 1.29 is 13.2 Å². The summed E-state index contributed by atoms with van der Waals surface area (Å²) in [6, 6.07) is 14.0. The molecule has 2 aromatic carbocycles. The van der Waals surface area contributed by atoms with E-state index < -0.39 is 15.9 Å². The average molecular weight is 443 g/mol. The Morgan fingerprint density at radius 1 is 1.10 bits per heavy atom. The summed E-state index contributed by atoms with van der Waals surface area (Å²) in [6.45, 7) is 4.75. The Bertz CT molecular complexity index is 1190. The van der Waals surface area contributed by atoms with E-state index in [9.17, 15) is 13.2 Å². The molecule has 9 heteroatoms. The molecule has 0 unspecified atom stereocenters. The van der Waals surface area contributed by atoms with Gasteiger partial charge >= 0.3 is 0 Å². The second-order valence-electron chi connectivity index (χ2n) is 7.44. The minimum atomic E-state index is -3.71. The zero-order chi connectivity index (χ0) is 21.3. The van der Waals surface area contributed by atoms with Crippen molar-refractivity contribution in [3.63, 3.8) is 0 Å². The van der Waals surface area contributed by atoms with E-state index in [-0.39, 0.29) is 16.4 Å². The quantitative estimate of drug-likeness (QED) is 0.651. The number of amides is 1. The van der Waals surface area contributed by atoms with Crippen LogP contribution in [0.2, 0.25) is 0 Å². The molecule has 0 bridgehead atoms. The molecule has 30 heavy (non-hydrogen) atoms. The molecule has 1 amide bonds. The van der Waals surface area contributed by atoms with Gasteiger partial charge in [0.05, 0.1) is 4.90 Å². The number of anilines is 1. The molecule has 1 aliphatic rings. The number of nitrogens with one attached hydrogen (secondary N) is 1. The molecule has 1 aromatic heterocycles. The Balaban J connectivity index is 1.54. The molecule has 156 valence electrons. The van der Waals surface area contributed by atoms with Crippen LogP contribution in [0.1, 0.15) is 46.3 Å². The third-order valence-corrected chi connectivity index (χ3v) is 7.97. The predicted octanol–water partition coefficient (Wildman–Crippen LogP) is 3.66. The fourth-order valence-electron chi connectivity index (χ4n) is 3.31. The van der Waals surface area contributed by atoms with E-state index in [0.29, 0.717) is 24.6 Å². The van der Waals surface area contributed by atoms with Gasteiger partial charge in [0, 0.05) is 24.6 Å². The second kappa shape index (κ2) is 8.25. The van der Waals surface area contributed by atoms with Gasteiger partial charge in [0.15, 0.2) is 0 Å². The molecule has 0 spiro atoms. The van der Waals surface area contributed by atoms with Crippen LogP contribution in [-0.4, -0.2) is 35.4 Å². The lowest BCUT2D eigenvalue weighted by Crippen LogP contribution is -2.36. The molecule has 1 N–H and O–H groups in total. The van der Waals surface area contributed by atoms with Crippen LogP contribution >= 0.6 is 11.3 Å². The maximum atomic E-state index is 13.2. The summed E-state index contributed by atoms with van der Waals surface area (Å²) in [5, 5.41) is 12.0. The van der Waals surface area contributed by atoms with Crippen molar-refractivity contribution in [3.8, 4) is 0 Å². The number of hydrogen-bond donors (Lipinski definition) is 1. The van der Waals surface area contributed by atoms with Crippen molar-refractivity contribution in [1.29, 1.82) is 0 Å². The van der Waals surface area contributed by atoms with Gasteiger partial charge in [0.1, 0.15) is 5.01 Å². The molecule has 1 aliphatic heterocycles. The SMILES string of the molecule is CC(C)c1nnc(NC(=O)c2cccc(S(=O)(=O)N3CCc4ccccc4C3)c2)s1. The summed E-state index contributed by atoms with van der Waals surface area (Å²) in [6.07, 6.45) is 0.671. The van der Waals surface area contributed by atoms with Gasteiger partial charge in [0.2, 0.25) is 15.2 Å². The molecule has 4 rings (SSSR count). The first-order chi connectivity index (χ1) is 14.3. The fraction of sp³-hybridized carbons (Fsp3) is 0.286. The Morgan fingerprint density at radius 2 is 1.87 bits per heavy atom. The number of rotatable bonds is 5. The van der Waals surface area contributed by atoms with Crippen molar-refractivity contribution >= 4 is 32.4 Å². The van der Waals surface area contributed by atoms with Gasteiger partial charge in [-0.05, 0) is 35.7 Å². The summed E-state index contributed by atoms with van der Waals surface area (Å²) in [5.74, 6) is -0.196. The maximum Gasteiger partial charge on any atom is 0.257 e. The summed E-state index contributed by atoms with van der Waals surface area (Å²) in [5.41, 5.74) is 2.45. The Kier molecular flexibility index (Phi) is 5.68. The van der Waals surface area contributed by atoms with Crippen LogP contribution in [0, 0.1) is 0 Å². The Morgan fingerprint density at radius 3 is 2.60 bits per heavy atom. The zero-order valence-electron chi connectivity index (χ0n) is 16.7. The lowest BCUT2D eigenvalue weighted by atomic mass is 10.0. The average Bonchev–Trinajstić information content (AvgIpc) is 3.22. The number of carbonyl (C=O) groups excluding carboxylic acids is 1.